The Bertz CT molecular complexity index is 527. The number of nitrogens with one attached hydrogen (secondary N) is 1. The molecule has 19 heavy (non-hydrogen) atoms. The third-order valence-electron chi connectivity index (χ3n) is 2.82. The Balaban J connectivity index is 2.15. The van der Waals surface area contributed by atoms with Crippen LogP contribution < -0.4 is 5.32 Å². The topological polar surface area (TPSA) is 37.8 Å². The minimum absolute atomic E-state index is 0.257. The summed E-state index contributed by atoms with van der Waals surface area (Å²) < 4.78 is 1.15. The molecule has 1 N–H and O–H groups in total. The van der Waals surface area contributed by atoms with Crippen molar-refractivity contribution >= 4 is 27.3 Å². The Morgan fingerprint density at radius 2 is 2.32 bits per heavy atom. The molecule has 2 heterocycles. The molecule has 0 saturated carbocycles. The number of hydrogen-bond acceptors (Lipinski definition) is 4. The fourth-order valence-electron chi connectivity index (χ4n) is 1.93. The van der Waals surface area contributed by atoms with Crippen LogP contribution in [0.1, 0.15) is 35.8 Å². The Labute approximate surface area is 126 Å². The van der Waals surface area contributed by atoms with Gasteiger partial charge in [-0.05, 0) is 48.0 Å². The molecule has 0 saturated heterocycles. The molecule has 0 aliphatic carbocycles. The highest BCUT2D eigenvalue weighted by molar-refractivity contribution is 9.10. The van der Waals surface area contributed by atoms with Crippen molar-refractivity contribution in [3.05, 3.63) is 44.6 Å². The normalized spacial score (nSPS) is 12.6. The summed E-state index contributed by atoms with van der Waals surface area (Å²) in [6.45, 7) is 5.11. The number of aromatic nitrogens is 2. The highest BCUT2D eigenvalue weighted by Crippen LogP contribution is 2.25. The quantitative estimate of drug-likeness (QED) is 0.867. The summed E-state index contributed by atoms with van der Waals surface area (Å²) in [5.41, 5.74) is 1.07. The molecule has 0 aromatic carbocycles. The number of nitrogens with zero attached hydrogens (tertiary/aromatic N) is 2. The third-order valence-corrected chi connectivity index (χ3v) is 4.54. The van der Waals surface area contributed by atoms with E-state index in [0.29, 0.717) is 0 Å². The molecule has 1 unspecified atom stereocenters. The van der Waals surface area contributed by atoms with Crippen molar-refractivity contribution in [3.8, 4) is 0 Å². The van der Waals surface area contributed by atoms with E-state index in [0.717, 1.165) is 35.4 Å². The average Bonchev–Trinajstić information content (AvgIpc) is 2.80. The van der Waals surface area contributed by atoms with Crippen LogP contribution >= 0.6 is 27.3 Å². The van der Waals surface area contributed by atoms with Gasteiger partial charge in [0, 0.05) is 27.3 Å². The molecule has 2 aromatic heterocycles. The first-order valence-corrected chi connectivity index (χ1v) is 8.12. The van der Waals surface area contributed by atoms with Gasteiger partial charge < -0.3 is 5.32 Å². The van der Waals surface area contributed by atoms with Crippen LogP contribution in [0.5, 0.6) is 0 Å². The van der Waals surface area contributed by atoms with Crippen LogP contribution in [0.3, 0.4) is 0 Å². The van der Waals surface area contributed by atoms with Gasteiger partial charge in [-0.2, -0.15) is 0 Å². The lowest BCUT2D eigenvalue weighted by Gasteiger charge is -2.17. The van der Waals surface area contributed by atoms with Crippen LogP contribution in [0.2, 0.25) is 0 Å². The monoisotopic (exact) mass is 339 g/mol. The van der Waals surface area contributed by atoms with E-state index in [2.05, 4.69) is 49.6 Å². The van der Waals surface area contributed by atoms with Crippen molar-refractivity contribution in [3.63, 3.8) is 0 Å². The maximum atomic E-state index is 4.55. The number of rotatable bonds is 6. The molecule has 5 heteroatoms. The molecule has 0 amide bonds. The van der Waals surface area contributed by atoms with E-state index >= 15 is 0 Å². The van der Waals surface area contributed by atoms with Crippen molar-refractivity contribution in [2.75, 3.05) is 6.54 Å². The zero-order valence-corrected chi connectivity index (χ0v) is 13.6. The summed E-state index contributed by atoms with van der Waals surface area (Å²) in [5, 5.41) is 5.69. The van der Waals surface area contributed by atoms with E-state index in [-0.39, 0.29) is 6.04 Å². The van der Waals surface area contributed by atoms with Crippen LogP contribution in [0.15, 0.2) is 28.2 Å². The summed E-state index contributed by atoms with van der Waals surface area (Å²) in [7, 11) is 0. The van der Waals surface area contributed by atoms with Gasteiger partial charge in [0.05, 0.1) is 11.7 Å². The lowest BCUT2D eigenvalue weighted by molar-refractivity contribution is 0.518. The first kappa shape index (κ1) is 14.6. The van der Waals surface area contributed by atoms with Gasteiger partial charge in [-0.1, -0.05) is 6.92 Å². The van der Waals surface area contributed by atoms with Gasteiger partial charge in [0.1, 0.15) is 5.82 Å². The second-order valence-electron chi connectivity index (χ2n) is 4.47. The van der Waals surface area contributed by atoms with Crippen LogP contribution in [0.4, 0.5) is 0 Å². The maximum Gasteiger partial charge on any atom is 0.125 e. The van der Waals surface area contributed by atoms with Gasteiger partial charge in [-0.3, -0.25) is 0 Å². The van der Waals surface area contributed by atoms with E-state index in [1.165, 1.54) is 4.88 Å². The molecule has 2 aromatic rings. The summed E-state index contributed by atoms with van der Waals surface area (Å²) >= 11 is 5.29. The Morgan fingerprint density at radius 3 is 2.95 bits per heavy atom. The molecule has 3 nitrogen and oxygen atoms in total. The molecule has 2 rings (SSSR count). The molecule has 102 valence electrons. The van der Waals surface area contributed by atoms with E-state index in [9.17, 15) is 0 Å². The predicted molar refractivity (Wildman–Crippen MR) is 83.5 cm³/mol. The number of aryl methyl sites for hydroxylation is 1. The van der Waals surface area contributed by atoms with E-state index in [1.54, 1.807) is 11.3 Å². The highest BCUT2D eigenvalue weighted by atomic mass is 79.9. The van der Waals surface area contributed by atoms with Crippen LogP contribution in [0, 0.1) is 6.92 Å². The Hall–Kier alpha value is -0.780. The standard InChI is InChI=1S/C14H18BrN3S/c1-3-5-17-14(8-12-7-11(15)9-19-12)13-4-6-16-10(2)18-13/h4,6-7,9,14,17H,3,5,8H2,1-2H3. The van der Waals surface area contributed by atoms with Gasteiger partial charge in [-0.15, -0.1) is 11.3 Å². The zero-order valence-electron chi connectivity index (χ0n) is 11.2. The largest absolute Gasteiger partial charge is 0.308 e. The summed E-state index contributed by atoms with van der Waals surface area (Å²) in [5.74, 6) is 0.827. The van der Waals surface area contributed by atoms with Crippen LogP contribution in [0.25, 0.3) is 0 Å². The molecule has 0 aliphatic heterocycles. The molecule has 0 fully saturated rings. The molecular weight excluding hydrogens is 322 g/mol. The first-order valence-electron chi connectivity index (χ1n) is 6.45. The lowest BCUT2D eigenvalue weighted by atomic mass is 10.1. The number of halogens is 1. The van der Waals surface area contributed by atoms with Crippen molar-refractivity contribution in [1.29, 1.82) is 0 Å². The van der Waals surface area contributed by atoms with E-state index in [4.69, 9.17) is 0 Å². The van der Waals surface area contributed by atoms with Gasteiger partial charge in [0.15, 0.2) is 0 Å². The van der Waals surface area contributed by atoms with Gasteiger partial charge in [0.25, 0.3) is 0 Å². The van der Waals surface area contributed by atoms with Crippen LogP contribution in [-0.4, -0.2) is 16.5 Å². The minimum atomic E-state index is 0.257. The molecule has 0 spiro atoms. The molecule has 1 atom stereocenters. The Kier molecular flexibility index (Phi) is 5.48. The van der Waals surface area contributed by atoms with E-state index in [1.807, 2.05) is 19.2 Å². The number of thiophene rings is 1. The maximum absolute atomic E-state index is 4.55. The number of hydrogen-bond donors (Lipinski definition) is 1. The second-order valence-corrected chi connectivity index (χ2v) is 6.38. The molecule has 0 aliphatic rings. The zero-order chi connectivity index (χ0) is 13.7. The summed E-state index contributed by atoms with van der Waals surface area (Å²) in [6, 6.07) is 4.44. The van der Waals surface area contributed by atoms with Crippen molar-refractivity contribution in [2.45, 2.75) is 32.7 Å². The molecular formula is C14H18BrN3S. The lowest BCUT2D eigenvalue weighted by Crippen LogP contribution is -2.25. The van der Waals surface area contributed by atoms with Crippen molar-refractivity contribution in [1.82, 2.24) is 15.3 Å². The fourth-order valence-corrected chi connectivity index (χ4v) is 3.43. The van der Waals surface area contributed by atoms with Crippen molar-refractivity contribution < 1.29 is 0 Å². The van der Waals surface area contributed by atoms with Gasteiger partial charge in [-0.25, -0.2) is 9.97 Å². The van der Waals surface area contributed by atoms with Gasteiger partial charge in [0.2, 0.25) is 0 Å². The summed E-state index contributed by atoms with van der Waals surface area (Å²) in [4.78, 5) is 10.1. The Morgan fingerprint density at radius 1 is 1.47 bits per heavy atom. The van der Waals surface area contributed by atoms with E-state index < -0.39 is 0 Å². The first-order chi connectivity index (χ1) is 9.19. The molecule has 0 radical (unpaired) electrons. The molecule has 0 bridgehead atoms. The fraction of sp³-hybridized carbons (Fsp3) is 0.429. The SMILES string of the molecule is CCCNC(Cc1cc(Br)cs1)c1ccnc(C)n1. The van der Waals surface area contributed by atoms with Crippen LogP contribution in [-0.2, 0) is 6.42 Å². The van der Waals surface area contributed by atoms with Crippen molar-refractivity contribution in [2.24, 2.45) is 0 Å². The van der Waals surface area contributed by atoms with Gasteiger partial charge >= 0.3 is 0 Å². The predicted octanol–water partition coefficient (Wildman–Crippen LogP) is 3.89. The third kappa shape index (κ3) is 4.37. The summed E-state index contributed by atoms with van der Waals surface area (Å²) in [6.07, 6.45) is 3.92. The minimum Gasteiger partial charge on any atom is -0.308 e. The smallest absolute Gasteiger partial charge is 0.125 e. The average molecular weight is 340 g/mol. The second kappa shape index (κ2) is 7.12. The highest BCUT2D eigenvalue weighted by Gasteiger charge is 2.14.